The van der Waals surface area contributed by atoms with Gasteiger partial charge in [-0.05, 0) is 24.0 Å². The fourth-order valence-corrected chi connectivity index (χ4v) is 5.75. The third-order valence-electron chi connectivity index (χ3n) is 8.58. The van der Waals surface area contributed by atoms with Gasteiger partial charge in [0.15, 0.2) is 0 Å². The van der Waals surface area contributed by atoms with Crippen molar-refractivity contribution in [2.75, 3.05) is 20.8 Å². The molecule has 1 aliphatic heterocycles. The van der Waals surface area contributed by atoms with E-state index in [1.54, 1.807) is 13.2 Å². The van der Waals surface area contributed by atoms with Crippen LogP contribution < -0.4 is 20.5 Å². The number of ether oxygens (including phenoxy) is 3. The maximum atomic E-state index is 13.8. The number of nitrogens with two attached hydrogens (primary N) is 1. The van der Waals surface area contributed by atoms with Gasteiger partial charge in [0.05, 0.1) is 38.0 Å². The zero-order valence-corrected chi connectivity index (χ0v) is 25.8. The van der Waals surface area contributed by atoms with Gasteiger partial charge < -0.3 is 30.2 Å². The Kier molecular flexibility index (Phi) is 8.40. The molecular weight excluding hydrogens is 560 g/mol. The van der Waals surface area contributed by atoms with E-state index in [0.717, 1.165) is 10.9 Å². The van der Waals surface area contributed by atoms with Crippen molar-refractivity contribution in [2.24, 2.45) is 17.1 Å². The van der Waals surface area contributed by atoms with Gasteiger partial charge in [0, 0.05) is 35.4 Å². The molecule has 2 aromatic carbocycles. The Hall–Kier alpha value is -4.44. The van der Waals surface area contributed by atoms with Crippen molar-refractivity contribution in [2.45, 2.75) is 57.3 Å². The summed E-state index contributed by atoms with van der Waals surface area (Å²) in [5.74, 6) is -0.405. The number of likely N-dealkylation sites (tertiary alicyclic amines) is 1. The number of benzene rings is 2. The first-order chi connectivity index (χ1) is 20.9. The summed E-state index contributed by atoms with van der Waals surface area (Å²) < 4.78 is 17.0. The van der Waals surface area contributed by atoms with Crippen LogP contribution in [0.3, 0.4) is 0 Å². The molecule has 0 radical (unpaired) electrons. The standard InChI is InChI=1S/C34H40N4O6/c1-7-21-18-34(21,32(41)43-6)37-30(39)27-16-23(19-38(27)31(40)29(35)33(2,3)4)44-28-17-25(20-11-9-8-10-12-20)36-26-15-22(42-5)13-14-24(26)28/h7-15,17,21,23,27,29H,1,16,18-19,35H2,2-6H3,(H,37,39)/t21?,23-,27+,29-,34-/m1/s1. The number of aromatic nitrogens is 1. The molecule has 1 unspecified atom stereocenters. The molecule has 232 valence electrons. The van der Waals surface area contributed by atoms with E-state index in [1.165, 1.54) is 12.0 Å². The Labute approximate surface area is 257 Å². The predicted molar refractivity (Wildman–Crippen MR) is 167 cm³/mol. The molecule has 1 saturated carbocycles. The largest absolute Gasteiger partial charge is 0.497 e. The van der Waals surface area contributed by atoms with Crippen LogP contribution in [0, 0.1) is 11.3 Å². The first-order valence-corrected chi connectivity index (χ1v) is 14.7. The van der Waals surface area contributed by atoms with Gasteiger partial charge in [-0.3, -0.25) is 9.59 Å². The van der Waals surface area contributed by atoms with Crippen molar-refractivity contribution in [3.05, 3.63) is 67.3 Å². The maximum absolute atomic E-state index is 13.8. The number of nitrogens with one attached hydrogen (secondary N) is 1. The number of nitrogens with zero attached hydrogens (tertiary/aromatic N) is 2. The molecule has 1 saturated heterocycles. The average Bonchev–Trinajstić information content (AvgIpc) is 3.58. The van der Waals surface area contributed by atoms with Crippen molar-refractivity contribution in [1.82, 2.24) is 15.2 Å². The lowest BCUT2D eigenvalue weighted by Gasteiger charge is -2.33. The number of methoxy groups -OCH3 is 2. The Morgan fingerprint density at radius 1 is 1.14 bits per heavy atom. The van der Waals surface area contributed by atoms with Crippen LogP contribution in [0.1, 0.15) is 33.6 Å². The number of pyridine rings is 1. The van der Waals surface area contributed by atoms with Crippen molar-refractivity contribution in [3.63, 3.8) is 0 Å². The lowest BCUT2D eigenvalue weighted by Crippen LogP contribution is -2.57. The second kappa shape index (κ2) is 11.9. The molecule has 0 bridgehead atoms. The van der Waals surface area contributed by atoms with E-state index in [2.05, 4.69) is 11.9 Å². The molecule has 0 spiro atoms. The zero-order valence-electron chi connectivity index (χ0n) is 25.8. The quantitative estimate of drug-likeness (QED) is 0.280. The first-order valence-electron chi connectivity index (χ1n) is 14.7. The van der Waals surface area contributed by atoms with Crippen LogP contribution in [0.15, 0.2) is 67.3 Å². The first kappa shape index (κ1) is 31.0. The number of esters is 1. The van der Waals surface area contributed by atoms with Gasteiger partial charge in [-0.25, -0.2) is 9.78 Å². The molecule has 44 heavy (non-hydrogen) atoms. The molecule has 5 rings (SSSR count). The molecule has 10 heteroatoms. The van der Waals surface area contributed by atoms with Crippen molar-refractivity contribution in [1.29, 1.82) is 0 Å². The summed E-state index contributed by atoms with van der Waals surface area (Å²) in [6.45, 7) is 9.55. The molecule has 5 atom stereocenters. The molecule has 2 heterocycles. The third kappa shape index (κ3) is 5.86. The zero-order chi connectivity index (χ0) is 31.8. The second-order valence-electron chi connectivity index (χ2n) is 12.6. The fraction of sp³-hybridized carbons (Fsp3) is 0.412. The number of rotatable bonds is 9. The van der Waals surface area contributed by atoms with Gasteiger partial charge in [-0.2, -0.15) is 0 Å². The fourth-order valence-electron chi connectivity index (χ4n) is 5.75. The molecule has 3 aromatic rings. The Balaban J connectivity index is 1.49. The topological polar surface area (TPSA) is 133 Å². The minimum absolute atomic E-state index is 0.136. The Bertz CT molecular complexity index is 1590. The molecule has 1 aromatic heterocycles. The Morgan fingerprint density at radius 3 is 2.48 bits per heavy atom. The maximum Gasteiger partial charge on any atom is 0.332 e. The highest BCUT2D eigenvalue weighted by atomic mass is 16.5. The highest BCUT2D eigenvalue weighted by Gasteiger charge is 2.62. The molecule has 2 amide bonds. The normalized spacial score (nSPS) is 23.5. The van der Waals surface area contributed by atoms with E-state index in [9.17, 15) is 14.4 Å². The Morgan fingerprint density at radius 2 is 1.86 bits per heavy atom. The molecule has 10 nitrogen and oxygen atoms in total. The van der Waals surface area contributed by atoms with Gasteiger partial charge in [0.1, 0.15) is 29.2 Å². The lowest BCUT2D eigenvalue weighted by atomic mass is 9.86. The van der Waals surface area contributed by atoms with E-state index in [1.807, 2.05) is 75.4 Å². The summed E-state index contributed by atoms with van der Waals surface area (Å²) in [6, 6.07) is 15.4. The van der Waals surface area contributed by atoms with Gasteiger partial charge in [0.25, 0.3) is 0 Å². The summed E-state index contributed by atoms with van der Waals surface area (Å²) in [6.07, 6.45) is 1.67. The van der Waals surface area contributed by atoms with Crippen LogP contribution in [0.4, 0.5) is 0 Å². The van der Waals surface area contributed by atoms with E-state index in [4.69, 9.17) is 24.9 Å². The van der Waals surface area contributed by atoms with Crippen LogP contribution in [-0.2, 0) is 19.1 Å². The lowest BCUT2D eigenvalue weighted by molar-refractivity contribution is -0.148. The number of hydrogen-bond acceptors (Lipinski definition) is 8. The number of hydrogen-bond donors (Lipinski definition) is 2. The minimum atomic E-state index is -1.20. The van der Waals surface area contributed by atoms with Crippen molar-refractivity contribution >= 4 is 28.7 Å². The van der Waals surface area contributed by atoms with Gasteiger partial charge >= 0.3 is 5.97 Å². The highest BCUT2D eigenvalue weighted by molar-refractivity contribution is 5.96. The second-order valence-corrected chi connectivity index (χ2v) is 12.6. The molecule has 2 aliphatic rings. The number of carbonyl (C=O) groups is 3. The van der Waals surface area contributed by atoms with Crippen LogP contribution in [0.25, 0.3) is 22.2 Å². The number of amides is 2. The number of carbonyl (C=O) groups excluding carboxylic acids is 3. The molecule has 1 aliphatic carbocycles. The molecular formula is C34H40N4O6. The summed E-state index contributed by atoms with van der Waals surface area (Å²) in [4.78, 5) is 46.6. The number of fused-ring (bicyclic) bond motifs is 1. The third-order valence-corrected chi connectivity index (χ3v) is 8.58. The van der Waals surface area contributed by atoms with Gasteiger partial charge in [-0.15, -0.1) is 6.58 Å². The van der Waals surface area contributed by atoms with Crippen LogP contribution in [0.2, 0.25) is 0 Å². The summed E-state index contributed by atoms with van der Waals surface area (Å²) in [7, 11) is 2.88. The van der Waals surface area contributed by atoms with Crippen LogP contribution >= 0.6 is 0 Å². The SMILES string of the molecule is C=CC1C[C@]1(NC(=O)[C@@H]1C[C@@H](Oc2cc(-c3ccccc3)nc3cc(OC)ccc23)CN1C(=O)[C@@H](N)C(C)(C)C)C(=O)OC. The monoisotopic (exact) mass is 600 g/mol. The molecule has 2 fully saturated rings. The average molecular weight is 601 g/mol. The van der Waals surface area contributed by atoms with E-state index in [-0.39, 0.29) is 24.8 Å². The highest BCUT2D eigenvalue weighted by Crippen LogP contribution is 2.45. The predicted octanol–water partition coefficient (Wildman–Crippen LogP) is 3.87. The van der Waals surface area contributed by atoms with E-state index < -0.39 is 41.0 Å². The van der Waals surface area contributed by atoms with Crippen LogP contribution in [-0.4, -0.2) is 72.2 Å². The molecule has 3 N–H and O–H groups in total. The van der Waals surface area contributed by atoms with E-state index >= 15 is 0 Å². The van der Waals surface area contributed by atoms with Crippen molar-refractivity contribution < 1.29 is 28.6 Å². The van der Waals surface area contributed by atoms with Gasteiger partial charge in [-0.1, -0.05) is 57.2 Å². The summed E-state index contributed by atoms with van der Waals surface area (Å²) >= 11 is 0. The summed E-state index contributed by atoms with van der Waals surface area (Å²) in [5, 5.41) is 3.65. The van der Waals surface area contributed by atoms with Gasteiger partial charge in [0.2, 0.25) is 11.8 Å². The van der Waals surface area contributed by atoms with E-state index in [0.29, 0.717) is 29.1 Å². The minimum Gasteiger partial charge on any atom is -0.497 e. The van der Waals surface area contributed by atoms with Crippen molar-refractivity contribution in [3.8, 4) is 22.8 Å². The van der Waals surface area contributed by atoms with Crippen LogP contribution in [0.5, 0.6) is 11.5 Å². The smallest absolute Gasteiger partial charge is 0.332 e. The summed E-state index contributed by atoms with van der Waals surface area (Å²) in [5.41, 5.74) is 6.96.